The van der Waals surface area contributed by atoms with Gasteiger partial charge in [-0.15, -0.1) is 0 Å². The predicted octanol–water partition coefficient (Wildman–Crippen LogP) is -3.65. The fraction of sp³-hybridized carbons (Fsp3) is 0.524. The van der Waals surface area contributed by atoms with Crippen LogP contribution in [0.3, 0.4) is 0 Å². The fourth-order valence-corrected chi connectivity index (χ4v) is 10.7. The number of aliphatic hydroxyl groups excluding tert-OH is 3. The van der Waals surface area contributed by atoms with E-state index in [4.69, 9.17) is 26.8 Å². The van der Waals surface area contributed by atoms with Crippen LogP contribution < -0.4 is 28.5 Å². The van der Waals surface area contributed by atoms with E-state index < -0.39 is 116 Å². The van der Waals surface area contributed by atoms with Crippen LogP contribution in [-0.4, -0.2) is 124 Å². The number of hydrogen-bond acceptors (Lipinski definition) is 23. The number of rotatable bonds is 15. The maximum absolute atomic E-state index is 12.8. The number of nitrogens with zero attached hydrogens (tertiary/aromatic N) is 6. The van der Waals surface area contributed by atoms with Gasteiger partial charge in [0.05, 0.1) is 38.6 Å². The molecule has 4 aromatic heterocycles. The van der Waals surface area contributed by atoms with Crippen molar-refractivity contribution in [2.75, 3.05) is 31.3 Å². The first kappa shape index (κ1) is 42.2. The summed E-state index contributed by atoms with van der Waals surface area (Å²) in [4.78, 5) is 84.9. The standard InChI is InChI=1S/C21H31N11O20P4/c22-20-27-14-9(16(36)29-20)25-4-31(14)18-11(34)6(1-33)7(48-18)2-46-54(40,41)51-56(44,45)52-55(42,43)47-3-8-13(53(38,39)50-24)12(35)19(49-8)32-5-26-10-15(32)28-21(23)30-17(10)37/h4-8,11-13,18-19,33-35H,1-3,24H2,(H,38,39)(H,40,41)(H,42,43)(H,44,45)(H3,22,27,29,36)(H3,23,28,30,37)/t6?,7-,8-,11?,12?,13?,18-,19-/m1/s1. The number of nitrogen functional groups attached to an aromatic ring is 2. The maximum atomic E-state index is 12.8. The van der Waals surface area contributed by atoms with Gasteiger partial charge in [-0.2, -0.15) is 18.6 Å². The Bertz CT molecular complexity index is 2440. The molecule has 0 amide bonds. The van der Waals surface area contributed by atoms with Gasteiger partial charge in [0.15, 0.2) is 34.8 Å². The molecule has 0 aliphatic carbocycles. The van der Waals surface area contributed by atoms with E-state index in [2.05, 4.69) is 52.2 Å². The number of aliphatic hydroxyl groups is 3. The molecule has 15 N–H and O–H groups in total. The van der Waals surface area contributed by atoms with E-state index in [0.29, 0.717) is 0 Å². The Labute approximate surface area is 308 Å². The molecule has 35 heteroatoms. The molecule has 2 fully saturated rings. The highest BCUT2D eigenvalue weighted by molar-refractivity contribution is 7.66. The van der Waals surface area contributed by atoms with Crippen molar-refractivity contribution in [1.29, 1.82) is 0 Å². The number of anilines is 2. The molecular formula is C21H31N11O20P4. The number of phosphoric acid groups is 3. The van der Waals surface area contributed by atoms with Crippen LogP contribution in [0.4, 0.5) is 11.9 Å². The van der Waals surface area contributed by atoms with Gasteiger partial charge in [-0.3, -0.25) is 42.3 Å². The number of nitrogens with one attached hydrogen (secondary N) is 2. The van der Waals surface area contributed by atoms with Crippen molar-refractivity contribution in [3.63, 3.8) is 0 Å². The van der Waals surface area contributed by atoms with Crippen LogP contribution in [0.5, 0.6) is 0 Å². The molecule has 2 aliphatic heterocycles. The predicted molar refractivity (Wildman–Crippen MR) is 178 cm³/mol. The van der Waals surface area contributed by atoms with E-state index in [-0.39, 0.29) is 28.3 Å². The summed E-state index contributed by atoms with van der Waals surface area (Å²) in [6, 6.07) is 0. The minimum atomic E-state index is -6.12. The number of H-pyrrole nitrogens is 2. The zero-order valence-electron chi connectivity index (χ0n) is 27.5. The average molecular weight is 881 g/mol. The number of aromatic nitrogens is 8. The minimum Gasteiger partial charge on any atom is -0.396 e. The maximum Gasteiger partial charge on any atom is 0.490 e. The van der Waals surface area contributed by atoms with Crippen LogP contribution in [0, 0.1) is 5.92 Å². The van der Waals surface area contributed by atoms with Crippen molar-refractivity contribution in [2.24, 2.45) is 11.8 Å². The molecule has 0 bridgehead atoms. The van der Waals surface area contributed by atoms with E-state index in [1.54, 1.807) is 0 Å². The quantitative estimate of drug-likeness (QED) is 0.0404. The SMILES string of the molecule is NOP(=O)(O)C1C(O)[C@H](n2cnc3c(=O)[nH]c(N)nc32)O[C@@H]1COP(=O)(O)OP(=O)(O)OP(=O)(O)OC[C@H]1O[C@@H](n2cnc3c(=O)[nH]c(N)nc32)C(O)C1CO. The highest BCUT2D eigenvalue weighted by atomic mass is 31.3. The first-order chi connectivity index (χ1) is 26.1. The lowest BCUT2D eigenvalue weighted by Crippen LogP contribution is -2.35. The van der Waals surface area contributed by atoms with Gasteiger partial charge in [0, 0.05) is 5.92 Å². The van der Waals surface area contributed by atoms with E-state index >= 15 is 0 Å². The van der Waals surface area contributed by atoms with Crippen LogP contribution in [-0.2, 0) is 50.0 Å². The van der Waals surface area contributed by atoms with Crippen molar-refractivity contribution in [1.82, 2.24) is 39.0 Å². The van der Waals surface area contributed by atoms with Gasteiger partial charge in [-0.1, -0.05) is 0 Å². The molecule has 31 nitrogen and oxygen atoms in total. The summed E-state index contributed by atoms with van der Waals surface area (Å²) in [6.45, 7) is -3.17. The van der Waals surface area contributed by atoms with Gasteiger partial charge >= 0.3 is 31.1 Å². The third kappa shape index (κ3) is 8.43. The normalized spacial score (nSPS) is 29.9. The Hall–Kier alpha value is -3.38. The van der Waals surface area contributed by atoms with Crippen LogP contribution >= 0.6 is 31.1 Å². The fourth-order valence-electron chi connectivity index (χ4n) is 5.90. The summed E-state index contributed by atoms with van der Waals surface area (Å²) in [5, 5.41) is 31.6. The number of aromatic amines is 2. The molecule has 12 atom stereocenters. The number of nitrogens with two attached hydrogens (primary N) is 3. The van der Waals surface area contributed by atoms with Crippen molar-refractivity contribution in [2.45, 2.75) is 42.5 Å². The number of imidazole rings is 2. The number of hydrogen-bond donors (Lipinski definition) is 12. The van der Waals surface area contributed by atoms with E-state index in [9.17, 15) is 62.7 Å². The minimum absolute atomic E-state index is 0.143. The van der Waals surface area contributed by atoms with Crippen LogP contribution in [0.2, 0.25) is 0 Å². The molecule has 0 spiro atoms. The molecule has 2 saturated heterocycles. The smallest absolute Gasteiger partial charge is 0.396 e. The molecule has 0 aromatic carbocycles. The summed E-state index contributed by atoms with van der Waals surface area (Å²) < 4.78 is 85.4. The molecule has 0 radical (unpaired) electrons. The van der Waals surface area contributed by atoms with Gasteiger partial charge in [0.2, 0.25) is 11.9 Å². The first-order valence-corrected chi connectivity index (χ1v) is 21.3. The van der Waals surface area contributed by atoms with Crippen molar-refractivity contribution in [3.8, 4) is 0 Å². The lowest BCUT2D eigenvalue weighted by molar-refractivity contribution is -0.0493. The summed E-state index contributed by atoms with van der Waals surface area (Å²) in [6.07, 6.45) is -8.24. The Morgan fingerprint density at radius 1 is 0.750 bits per heavy atom. The van der Waals surface area contributed by atoms with Gasteiger partial charge in [0.25, 0.3) is 11.1 Å². The molecule has 56 heavy (non-hydrogen) atoms. The molecule has 0 saturated carbocycles. The topological polar surface area (TPSA) is 480 Å². The molecule has 6 rings (SSSR count). The summed E-state index contributed by atoms with van der Waals surface area (Å²) in [7, 11) is -22.8. The van der Waals surface area contributed by atoms with Crippen LogP contribution in [0.15, 0.2) is 22.2 Å². The van der Waals surface area contributed by atoms with Crippen molar-refractivity contribution < 1.29 is 84.9 Å². The second-order valence-corrected chi connectivity index (χ2v) is 18.4. The third-order valence-electron chi connectivity index (χ3n) is 8.26. The highest BCUT2D eigenvalue weighted by Gasteiger charge is 2.56. The second-order valence-electron chi connectivity index (χ2n) is 11.8. The average Bonchev–Trinajstić information content (AvgIpc) is 3.85. The molecule has 8 unspecified atom stereocenters. The van der Waals surface area contributed by atoms with Gasteiger partial charge in [0.1, 0.15) is 24.0 Å². The molecule has 310 valence electrons. The first-order valence-electron chi connectivity index (χ1n) is 15.2. The van der Waals surface area contributed by atoms with Gasteiger partial charge < -0.3 is 55.8 Å². The lowest BCUT2D eigenvalue weighted by Gasteiger charge is -2.24. The Balaban J connectivity index is 1.10. The largest absolute Gasteiger partial charge is 0.490 e. The van der Waals surface area contributed by atoms with E-state index in [0.717, 1.165) is 21.8 Å². The molecular weight excluding hydrogens is 850 g/mol. The third-order valence-corrected chi connectivity index (χ3v) is 14.2. The van der Waals surface area contributed by atoms with Gasteiger partial charge in [-0.05, 0) is 0 Å². The monoisotopic (exact) mass is 881 g/mol. The number of ether oxygens (including phenoxy) is 2. The van der Waals surface area contributed by atoms with Crippen LogP contribution in [0.25, 0.3) is 22.3 Å². The van der Waals surface area contributed by atoms with Crippen molar-refractivity contribution >= 4 is 65.3 Å². The Morgan fingerprint density at radius 2 is 1.20 bits per heavy atom. The Kier molecular flexibility index (Phi) is 11.6. The summed E-state index contributed by atoms with van der Waals surface area (Å²) in [5.41, 5.74) is 6.59. The highest BCUT2D eigenvalue weighted by Crippen LogP contribution is 2.68. The summed E-state index contributed by atoms with van der Waals surface area (Å²) >= 11 is 0. The van der Waals surface area contributed by atoms with Gasteiger partial charge in [-0.25, -0.2) is 34.2 Å². The van der Waals surface area contributed by atoms with E-state index in [1.807, 2.05) is 0 Å². The zero-order valence-corrected chi connectivity index (χ0v) is 31.1. The van der Waals surface area contributed by atoms with Crippen LogP contribution in [0.1, 0.15) is 12.5 Å². The number of fused-ring (bicyclic) bond motifs is 2. The zero-order chi connectivity index (χ0) is 41.1. The van der Waals surface area contributed by atoms with Crippen molar-refractivity contribution in [3.05, 3.63) is 33.4 Å². The lowest BCUT2D eigenvalue weighted by atomic mass is 9.99. The summed E-state index contributed by atoms with van der Waals surface area (Å²) in [5.74, 6) is 2.96. The number of phosphoric ester groups is 2. The Morgan fingerprint density at radius 3 is 1.66 bits per heavy atom. The molecule has 2 aliphatic rings. The van der Waals surface area contributed by atoms with E-state index in [1.165, 1.54) is 0 Å². The molecule has 6 heterocycles. The second kappa shape index (κ2) is 15.4. The molecule has 4 aromatic rings.